The number of nitrogens with zero attached hydrogens (tertiary/aromatic N) is 5. The smallest absolute Gasteiger partial charge is 0.163 e. The Morgan fingerprint density at radius 1 is 1.06 bits per heavy atom. The van der Waals surface area contributed by atoms with Crippen molar-refractivity contribution in [3.63, 3.8) is 0 Å². The monoisotopic (exact) mass is 475 g/mol. The van der Waals surface area contributed by atoms with Crippen LogP contribution in [-0.4, -0.2) is 58.3 Å². The number of thiophene rings is 1. The highest BCUT2D eigenvalue weighted by molar-refractivity contribution is 7.18. The van der Waals surface area contributed by atoms with Gasteiger partial charge in [0.2, 0.25) is 0 Å². The normalized spacial score (nSPS) is 14.9. The first-order valence-electron chi connectivity index (χ1n) is 10.8. The van der Waals surface area contributed by atoms with Gasteiger partial charge in [0.25, 0.3) is 0 Å². The number of hydrogen-bond donors (Lipinski definition) is 2. The lowest BCUT2D eigenvalue weighted by molar-refractivity contribution is 0.313. The van der Waals surface area contributed by atoms with Crippen molar-refractivity contribution in [3.8, 4) is 11.4 Å². The number of para-hydroxylation sites is 1. The van der Waals surface area contributed by atoms with Crippen LogP contribution in [0.4, 0.5) is 17.2 Å². The zero-order valence-electron chi connectivity index (χ0n) is 18.0. The number of halogens is 1. The van der Waals surface area contributed by atoms with Crippen LogP contribution in [0.2, 0.25) is 5.02 Å². The molecule has 0 saturated carbocycles. The van der Waals surface area contributed by atoms with Gasteiger partial charge in [-0.3, -0.25) is 0 Å². The summed E-state index contributed by atoms with van der Waals surface area (Å²) in [5.74, 6) is 1.48. The number of fused-ring (bicyclic) bond motifs is 3. The van der Waals surface area contributed by atoms with Crippen molar-refractivity contribution in [1.29, 1.82) is 0 Å². The number of likely N-dealkylation sites (N-methyl/N-ethyl adjacent to an activating group) is 1. The summed E-state index contributed by atoms with van der Waals surface area (Å²) in [6.07, 6.45) is 1.58. The van der Waals surface area contributed by atoms with Crippen molar-refractivity contribution >= 4 is 61.1 Å². The first-order valence-corrected chi connectivity index (χ1v) is 12.1. The van der Waals surface area contributed by atoms with Crippen molar-refractivity contribution in [2.75, 3.05) is 43.4 Å². The van der Waals surface area contributed by atoms with Crippen LogP contribution in [0.3, 0.4) is 0 Å². The molecule has 1 aliphatic rings. The Bertz CT molecular complexity index is 1440. The van der Waals surface area contributed by atoms with E-state index >= 15 is 0 Å². The molecule has 0 bridgehead atoms. The molecule has 0 unspecified atom stereocenters. The Kier molecular flexibility index (Phi) is 5.13. The fourth-order valence-corrected chi connectivity index (χ4v) is 5.49. The third kappa shape index (κ3) is 3.70. The van der Waals surface area contributed by atoms with Crippen LogP contribution < -0.4 is 10.2 Å². The summed E-state index contributed by atoms with van der Waals surface area (Å²) in [6.45, 7) is 4.13. The predicted octanol–water partition coefficient (Wildman–Crippen LogP) is 5.38. The Morgan fingerprint density at radius 3 is 2.73 bits per heavy atom. The number of pyridine rings is 1. The van der Waals surface area contributed by atoms with Crippen LogP contribution in [0, 0.1) is 0 Å². The van der Waals surface area contributed by atoms with Crippen molar-refractivity contribution in [2.45, 2.75) is 0 Å². The van der Waals surface area contributed by atoms with Crippen molar-refractivity contribution in [1.82, 2.24) is 25.1 Å². The quantitative estimate of drug-likeness (QED) is 0.363. The molecule has 7 nitrogen and oxygen atoms in total. The van der Waals surface area contributed by atoms with Gasteiger partial charge in [-0.15, -0.1) is 21.5 Å². The number of aromatic amines is 1. The van der Waals surface area contributed by atoms with Gasteiger partial charge in [-0.1, -0.05) is 23.7 Å². The minimum Gasteiger partial charge on any atom is -0.369 e. The number of aromatic nitrogens is 4. The Morgan fingerprint density at radius 2 is 1.94 bits per heavy atom. The zero-order chi connectivity index (χ0) is 22.4. The number of rotatable bonds is 4. The Balaban J connectivity index is 1.40. The minimum absolute atomic E-state index is 0.681. The van der Waals surface area contributed by atoms with Crippen molar-refractivity contribution in [2.24, 2.45) is 0 Å². The predicted molar refractivity (Wildman–Crippen MR) is 137 cm³/mol. The van der Waals surface area contributed by atoms with E-state index in [1.165, 1.54) is 4.70 Å². The van der Waals surface area contributed by atoms with E-state index in [4.69, 9.17) is 16.6 Å². The van der Waals surface area contributed by atoms with E-state index in [1.807, 2.05) is 24.3 Å². The van der Waals surface area contributed by atoms with Gasteiger partial charge in [0.05, 0.1) is 16.2 Å². The topological polar surface area (TPSA) is 73.0 Å². The SMILES string of the molecule is CN1CCN(c2ccc(Nc3nc4c(-c5nnc[nH]5)cccc4c4sccc34)c(Cl)c2)CC1. The van der Waals surface area contributed by atoms with Gasteiger partial charge < -0.3 is 20.1 Å². The number of benzene rings is 2. The Labute approximate surface area is 200 Å². The van der Waals surface area contributed by atoms with Gasteiger partial charge in [0, 0.05) is 52.9 Å². The van der Waals surface area contributed by atoms with Crippen molar-refractivity contribution < 1.29 is 0 Å². The van der Waals surface area contributed by atoms with Crippen LogP contribution in [-0.2, 0) is 0 Å². The highest BCUT2D eigenvalue weighted by Gasteiger charge is 2.18. The van der Waals surface area contributed by atoms with E-state index < -0.39 is 0 Å². The maximum Gasteiger partial charge on any atom is 0.163 e. The second-order valence-electron chi connectivity index (χ2n) is 8.24. The molecule has 1 fully saturated rings. The highest BCUT2D eigenvalue weighted by atomic mass is 35.5. The lowest BCUT2D eigenvalue weighted by Crippen LogP contribution is -2.44. The first-order chi connectivity index (χ1) is 16.2. The third-order valence-corrected chi connectivity index (χ3v) is 7.43. The average Bonchev–Trinajstić information content (AvgIpc) is 3.53. The maximum atomic E-state index is 6.74. The van der Waals surface area contributed by atoms with Crippen LogP contribution in [0.1, 0.15) is 0 Å². The fourth-order valence-electron chi connectivity index (χ4n) is 4.34. The van der Waals surface area contributed by atoms with Crippen LogP contribution in [0.25, 0.3) is 32.4 Å². The summed E-state index contributed by atoms with van der Waals surface area (Å²) in [5.41, 5.74) is 3.78. The van der Waals surface area contributed by atoms with Crippen LogP contribution in [0.15, 0.2) is 54.2 Å². The fraction of sp³-hybridized carbons (Fsp3) is 0.208. The standard InChI is InChI=1S/C24H22ClN7S/c1-31-8-10-32(11-9-31)15-5-6-20(19(25)13-15)28-24-18-7-12-33-22(18)16-3-2-4-17(21(16)29-24)23-26-14-27-30-23/h2-7,12-14H,8-11H2,1H3,(H,28,29)(H,26,27,30). The molecule has 2 N–H and O–H groups in total. The summed E-state index contributed by atoms with van der Waals surface area (Å²) in [5, 5.41) is 16.6. The van der Waals surface area contributed by atoms with Crippen LogP contribution in [0.5, 0.6) is 0 Å². The summed E-state index contributed by atoms with van der Waals surface area (Å²) in [4.78, 5) is 12.8. The van der Waals surface area contributed by atoms with Gasteiger partial charge in [-0.2, -0.15) is 0 Å². The molecule has 3 aromatic heterocycles. The number of H-pyrrole nitrogens is 1. The van der Waals surface area contributed by atoms with Gasteiger partial charge in [0.1, 0.15) is 12.1 Å². The molecular formula is C24H22ClN7S. The molecule has 0 atom stereocenters. The van der Waals surface area contributed by atoms with E-state index in [-0.39, 0.29) is 0 Å². The molecule has 166 valence electrons. The molecular weight excluding hydrogens is 454 g/mol. The first kappa shape index (κ1) is 20.4. The molecule has 6 rings (SSSR count). The number of nitrogens with one attached hydrogen (secondary N) is 2. The molecule has 1 saturated heterocycles. The second kappa shape index (κ2) is 8.30. The molecule has 0 radical (unpaired) electrons. The average molecular weight is 476 g/mol. The second-order valence-corrected chi connectivity index (χ2v) is 9.57. The third-order valence-electron chi connectivity index (χ3n) is 6.17. The summed E-state index contributed by atoms with van der Waals surface area (Å²) in [6, 6.07) is 14.5. The highest BCUT2D eigenvalue weighted by Crippen LogP contribution is 2.39. The Hall–Kier alpha value is -3.20. The molecule has 0 amide bonds. The minimum atomic E-state index is 0.681. The summed E-state index contributed by atoms with van der Waals surface area (Å²) in [7, 11) is 2.16. The molecule has 4 heterocycles. The summed E-state index contributed by atoms with van der Waals surface area (Å²) < 4.78 is 1.18. The van der Waals surface area contributed by atoms with Crippen molar-refractivity contribution in [3.05, 3.63) is 59.2 Å². The van der Waals surface area contributed by atoms with E-state index in [2.05, 4.69) is 60.9 Å². The zero-order valence-corrected chi connectivity index (χ0v) is 19.6. The maximum absolute atomic E-state index is 6.74. The number of anilines is 3. The number of hydrogen-bond acceptors (Lipinski definition) is 7. The number of piperazine rings is 1. The van der Waals surface area contributed by atoms with Gasteiger partial charge in [0.15, 0.2) is 5.82 Å². The summed E-state index contributed by atoms with van der Waals surface area (Å²) >= 11 is 8.44. The van der Waals surface area contributed by atoms with E-state index in [0.29, 0.717) is 10.8 Å². The molecule has 9 heteroatoms. The molecule has 1 aliphatic heterocycles. The van der Waals surface area contributed by atoms with E-state index in [1.54, 1.807) is 17.7 Å². The van der Waals surface area contributed by atoms with Gasteiger partial charge in [-0.05, 0) is 42.8 Å². The molecule has 0 aliphatic carbocycles. The van der Waals surface area contributed by atoms with Gasteiger partial charge in [-0.25, -0.2) is 4.98 Å². The van der Waals surface area contributed by atoms with Crippen LogP contribution >= 0.6 is 22.9 Å². The molecule has 0 spiro atoms. The van der Waals surface area contributed by atoms with Gasteiger partial charge >= 0.3 is 0 Å². The lowest BCUT2D eigenvalue weighted by Gasteiger charge is -2.34. The largest absolute Gasteiger partial charge is 0.369 e. The lowest BCUT2D eigenvalue weighted by atomic mass is 10.1. The van der Waals surface area contributed by atoms with E-state index in [0.717, 1.165) is 65.2 Å². The molecule has 2 aromatic carbocycles. The molecule has 5 aromatic rings. The molecule has 33 heavy (non-hydrogen) atoms. The van der Waals surface area contributed by atoms with E-state index in [9.17, 15) is 0 Å².